The molecule has 70 valence electrons. The molecule has 0 aliphatic rings. The van der Waals surface area contributed by atoms with E-state index in [1.807, 2.05) is 0 Å². The Morgan fingerprint density at radius 3 is 1.93 bits per heavy atom. The first-order chi connectivity index (χ1) is 6.60. The highest BCUT2D eigenvalue weighted by Crippen LogP contribution is 2.24. The fraction of sp³-hybridized carbons (Fsp3) is 0.111. The lowest BCUT2D eigenvalue weighted by molar-refractivity contribution is 0.580. The fourth-order valence-electron chi connectivity index (χ4n) is 0.920. The van der Waals surface area contributed by atoms with E-state index in [2.05, 4.69) is 0 Å². The van der Waals surface area contributed by atoms with Crippen molar-refractivity contribution in [2.75, 3.05) is 0 Å². The van der Waals surface area contributed by atoms with Crippen molar-refractivity contribution in [2.45, 2.75) is 5.92 Å². The van der Waals surface area contributed by atoms with Crippen molar-refractivity contribution in [1.82, 2.24) is 0 Å². The molecule has 0 aromatic heterocycles. The molecule has 0 unspecified atom stereocenters. The van der Waals surface area contributed by atoms with E-state index < -0.39 is 22.6 Å². The highest BCUT2D eigenvalue weighted by molar-refractivity contribution is 6.30. The Labute approximate surface area is 83.9 Å². The minimum absolute atomic E-state index is 0.0330. The molecule has 1 aromatic rings. The van der Waals surface area contributed by atoms with E-state index in [-0.39, 0.29) is 5.56 Å². The van der Waals surface area contributed by atoms with Crippen molar-refractivity contribution in [3.63, 3.8) is 0 Å². The summed E-state index contributed by atoms with van der Waals surface area (Å²) in [4.78, 5) is 0. The van der Waals surface area contributed by atoms with Crippen LogP contribution in [0.4, 0.5) is 8.78 Å². The van der Waals surface area contributed by atoms with Gasteiger partial charge in [-0.25, -0.2) is 8.78 Å². The summed E-state index contributed by atoms with van der Waals surface area (Å²) in [6, 6.07) is 4.96. The maximum atomic E-state index is 12.9. The molecule has 5 heteroatoms. The van der Waals surface area contributed by atoms with Gasteiger partial charge in [0.25, 0.3) is 0 Å². The van der Waals surface area contributed by atoms with E-state index in [4.69, 9.17) is 22.1 Å². The SMILES string of the molecule is N#CC(C#N)c1cc(F)c(Cl)c(F)c1. The Bertz CT molecular complexity index is 408. The van der Waals surface area contributed by atoms with Crippen LogP contribution in [0, 0.1) is 34.3 Å². The van der Waals surface area contributed by atoms with E-state index in [9.17, 15) is 8.78 Å². The lowest BCUT2D eigenvalue weighted by atomic mass is 10.0. The molecule has 0 heterocycles. The van der Waals surface area contributed by atoms with Crippen molar-refractivity contribution < 1.29 is 8.78 Å². The van der Waals surface area contributed by atoms with Gasteiger partial charge < -0.3 is 0 Å². The van der Waals surface area contributed by atoms with Gasteiger partial charge in [0, 0.05) is 0 Å². The van der Waals surface area contributed by atoms with Crippen molar-refractivity contribution >= 4 is 11.6 Å². The number of halogens is 3. The number of hydrogen-bond donors (Lipinski definition) is 0. The van der Waals surface area contributed by atoms with Crippen LogP contribution in [0.3, 0.4) is 0 Å². The summed E-state index contributed by atoms with van der Waals surface area (Å²) < 4.78 is 25.8. The van der Waals surface area contributed by atoms with Crippen molar-refractivity contribution in [1.29, 1.82) is 10.5 Å². The highest BCUT2D eigenvalue weighted by Gasteiger charge is 2.15. The molecule has 2 nitrogen and oxygen atoms in total. The van der Waals surface area contributed by atoms with Gasteiger partial charge in [-0.3, -0.25) is 0 Å². The van der Waals surface area contributed by atoms with Crippen molar-refractivity contribution in [2.24, 2.45) is 0 Å². The molecule has 0 bridgehead atoms. The first-order valence-corrected chi connectivity index (χ1v) is 3.91. The Morgan fingerprint density at radius 2 is 1.57 bits per heavy atom. The molecule has 14 heavy (non-hydrogen) atoms. The molecule has 0 aliphatic heterocycles. The fourth-order valence-corrected chi connectivity index (χ4v) is 1.03. The van der Waals surface area contributed by atoms with Gasteiger partial charge in [-0.1, -0.05) is 11.6 Å². The molecule has 0 radical (unpaired) electrons. The molecule has 0 saturated carbocycles. The van der Waals surface area contributed by atoms with Crippen LogP contribution in [0.2, 0.25) is 5.02 Å². The summed E-state index contributed by atoms with van der Waals surface area (Å²) in [5, 5.41) is 16.3. The summed E-state index contributed by atoms with van der Waals surface area (Å²) in [6.07, 6.45) is 0. The van der Waals surface area contributed by atoms with Gasteiger partial charge in [-0.2, -0.15) is 10.5 Å². The number of rotatable bonds is 1. The van der Waals surface area contributed by atoms with E-state index >= 15 is 0 Å². The molecule has 1 rings (SSSR count). The van der Waals surface area contributed by atoms with Crippen LogP contribution >= 0.6 is 11.6 Å². The van der Waals surface area contributed by atoms with E-state index in [0.29, 0.717) is 0 Å². The first kappa shape index (κ1) is 10.4. The zero-order chi connectivity index (χ0) is 10.7. The van der Waals surface area contributed by atoms with Crippen LogP contribution in [-0.4, -0.2) is 0 Å². The Hall–Kier alpha value is -1.65. The third-order valence-electron chi connectivity index (χ3n) is 1.60. The van der Waals surface area contributed by atoms with E-state index in [1.54, 1.807) is 12.1 Å². The minimum Gasteiger partial charge on any atom is -0.205 e. The van der Waals surface area contributed by atoms with Crippen molar-refractivity contribution in [3.05, 3.63) is 34.4 Å². The summed E-state index contributed by atoms with van der Waals surface area (Å²) in [6.45, 7) is 0. The second kappa shape index (κ2) is 4.04. The molecule has 0 N–H and O–H groups in total. The van der Waals surface area contributed by atoms with Gasteiger partial charge in [-0.05, 0) is 17.7 Å². The summed E-state index contributed by atoms with van der Waals surface area (Å²) in [5.74, 6) is -3.13. The third-order valence-corrected chi connectivity index (χ3v) is 1.96. The second-order valence-corrected chi connectivity index (χ2v) is 2.87. The number of benzene rings is 1. The molecule has 0 saturated heterocycles. The minimum atomic E-state index is -1.18. The monoisotopic (exact) mass is 212 g/mol. The van der Waals surface area contributed by atoms with Crippen LogP contribution in [0.1, 0.15) is 11.5 Å². The molecule has 0 fully saturated rings. The molecular formula is C9H3ClF2N2. The van der Waals surface area contributed by atoms with Crippen LogP contribution in [0.25, 0.3) is 0 Å². The smallest absolute Gasteiger partial charge is 0.158 e. The number of nitrogens with zero attached hydrogens (tertiary/aromatic N) is 2. The lowest BCUT2D eigenvalue weighted by Gasteiger charge is -2.02. The predicted octanol–water partition coefficient (Wildman–Crippen LogP) is 2.75. The summed E-state index contributed by atoms with van der Waals surface area (Å²) in [5.41, 5.74) is -0.0330. The molecule has 0 aliphatic carbocycles. The Kier molecular flexibility index (Phi) is 3.01. The van der Waals surface area contributed by atoms with Crippen LogP contribution < -0.4 is 0 Å². The first-order valence-electron chi connectivity index (χ1n) is 3.53. The molecule has 1 aromatic carbocycles. The van der Waals surface area contributed by atoms with Crippen LogP contribution in [-0.2, 0) is 0 Å². The van der Waals surface area contributed by atoms with Gasteiger partial charge >= 0.3 is 0 Å². The second-order valence-electron chi connectivity index (χ2n) is 2.49. The maximum absolute atomic E-state index is 12.9. The zero-order valence-electron chi connectivity index (χ0n) is 6.76. The predicted molar refractivity (Wildman–Crippen MR) is 45.3 cm³/mol. The van der Waals surface area contributed by atoms with Crippen molar-refractivity contribution in [3.8, 4) is 12.1 Å². The highest BCUT2D eigenvalue weighted by atomic mass is 35.5. The molecule has 0 spiro atoms. The topological polar surface area (TPSA) is 47.6 Å². The zero-order valence-corrected chi connectivity index (χ0v) is 7.52. The van der Waals surface area contributed by atoms with E-state index in [0.717, 1.165) is 12.1 Å². The van der Waals surface area contributed by atoms with E-state index in [1.165, 1.54) is 0 Å². The molecule has 0 atom stereocenters. The van der Waals surface area contributed by atoms with Crippen LogP contribution in [0.15, 0.2) is 12.1 Å². The average molecular weight is 213 g/mol. The lowest BCUT2D eigenvalue weighted by Crippen LogP contribution is -1.95. The van der Waals surface area contributed by atoms with Gasteiger partial charge in [0.2, 0.25) is 0 Å². The van der Waals surface area contributed by atoms with Gasteiger partial charge in [0.1, 0.15) is 16.7 Å². The Morgan fingerprint density at radius 1 is 1.14 bits per heavy atom. The largest absolute Gasteiger partial charge is 0.205 e. The number of hydrogen-bond acceptors (Lipinski definition) is 2. The van der Waals surface area contributed by atoms with Gasteiger partial charge in [0.05, 0.1) is 12.1 Å². The van der Waals surface area contributed by atoms with Crippen LogP contribution in [0.5, 0.6) is 0 Å². The quantitative estimate of drug-likeness (QED) is 0.672. The normalized spacial score (nSPS) is 9.57. The maximum Gasteiger partial charge on any atom is 0.158 e. The summed E-state index contributed by atoms with van der Waals surface area (Å²) >= 11 is 5.22. The average Bonchev–Trinajstić information content (AvgIpc) is 2.16. The standard InChI is InChI=1S/C9H3ClF2N2/c10-9-7(11)1-5(2-8(9)12)6(3-13)4-14/h1-2,6H. The third kappa shape index (κ3) is 1.81. The molecule has 0 amide bonds. The molecular weight excluding hydrogens is 210 g/mol. The van der Waals surface area contributed by atoms with Gasteiger partial charge in [-0.15, -0.1) is 0 Å². The Balaban J connectivity index is 3.28. The summed E-state index contributed by atoms with van der Waals surface area (Å²) in [7, 11) is 0. The number of nitriles is 2. The van der Waals surface area contributed by atoms with Gasteiger partial charge in [0.15, 0.2) is 5.92 Å².